The van der Waals surface area contributed by atoms with Crippen LogP contribution in [0.15, 0.2) is 81.7 Å². The molecule has 128 valence electrons. The predicted octanol–water partition coefficient (Wildman–Crippen LogP) is 5.70. The molecule has 0 atom stereocenters. The Bertz CT molecular complexity index is 832. The molecule has 25 heavy (non-hydrogen) atoms. The molecule has 3 aromatic rings. The van der Waals surface area contributed by atoms with Gasteiger partial charge in [-0.2, -0.15) is 0 Å². The molecule has 0 radical (unpaired) electrons. The third kappa shape index (κ3) is 3.66. The number of benzene rings is 3. The topological polar surface area (TPSA) is 29.5 Å². The van der Waals surface area contributed by atoms with Crippen LogP contribution in [0.2, 0.25) is 0 Å². The molecule has 0 heterocycles. The predicted molar refractivity (Wildman–Crippen MR) is 108 cm³/mol. The van der Waals surface area contributed by atoms with E-state index in [1.54, 1.807) is 7.11 Å². The lowest BCUT2D eigenvalue weighted by molar-refractivity contribution is 0.0789. The maximum atomic E-state index is 11.9. The lowest BCUT2D eigenvalue weighted by Crippen LogP contribution is -2.31. The van der Waals surface area contributed by atoms with E-state index in [1.165, 1.54) is 0 Å². The molecule has 0 unspecified atom stereocenters. The van der Waals surface area contributed by atoms with E-state index in [2.05, 4.69) is 31.9 Å². The van der Waals surface area contributed by atoms with Gasteiger partial charge >= 0.3 is 0 Å². The molecule has 0 bridgehead atoms. The summed E-state index contributed by atoms with van der Waals surface area (Å²) in [5.74, 6) is 0.764. The van der Waals surface area contributed by atoms with Crippen LogP contribution in [0.4, 0.5) is 0 Å². The Labute approximate surface area is 164 Å². The Morgan fingerprint density at radius 3 is 1.80 bits per heavy atom. The molecule has 0 aliphatic heterocycles. The molecular formula is C21H18Br2O2. The number of aliphatic hydroxyl groups is 1. The van der Waals surface area contributed by atoms with E-state index in [-0.39, 0.29) is 0 Å². The number of methoxy groups -OCH3 is 1. The van der Waals surface area contributed by atoms with Gasteiger partial charge in [-0.15, -0.1) is 0 Å². The van der Waals surface area contributed by atoms with E-state index < -0.39 is 5.60 Å². The first-order chi connectivity index (χ1) is 12.1. The van der Waals surface area contributed by atoms with E-state index in [0.29, 0.717) is 6.42 Å². The number of hydrogen-bond acceptors (Lipinski definition) is 2. The zero-order valence-electron chi connectivity index (χ0n) is 13.7. The van der Waals surface area contributed by atoms with Crippen molar-refractivity contribution in [2.75, 3.05) is 7.11 Å². The smallest absolute Gasteiger partial charge is 0.122 e. The highest BCUT2D eigenvalue weighted by Gasteiger charge is 2.35. The molecule has 0 saturated heterocycles. The van der Waals surface area contributed by atoms with Crippen LogP contribution in [0.5, 0.6) is 5.75 Å². The summed E-state index contributed by atoms with van der Waals surface area (Å²) in [6.07, 6.45) is 0.391. The average Bonchev–Trinajstić information content (AvgIpc) is 2.62. The van der Waals surface area contributed by atoms with E-state index >= 15 is 0 Å². The van der Waals surface area contributed by atoms with E-state index in [9.17, 15) is 5.11 Å². The molecular weight excluding hydrogens is 444 g/mol. The van der Waals surface area contributed by atoms with Crippen molar-refractivity contribution in [3.63, 3.8) is 0 Å². The third-order valence-electron chi connectivity index (χ3n) is 4.28. The van der Waals surface area contributed by atoms with Gasteiger partial charge in [0.1, 0.15) is 11.4 Å². The first kappa shape index (κ1) is 18.2. The molecule has 0 aliphatic carbocycles. The summed E-state index contributed by atoms with van der Waals surface area (Å²) in [5, 5.41) is 11.9. The summed E-state index contributed by atoms with van der Waals surface area (Å²) in [5.41, 5.74) is 1.36. The molecule has 0 fully saturated rings. The molecule has 0 aromatic heterocycles. The minimum atomic E-state index is -1.21. The number of rotatable bonds is 5. The molecule has 3 rings (SSSR count). The Hall–Kier alpha value is -1.62. The van der Waals surface area contributed by atoms with Crippen LogP contribution in [-0.2, 0) is 12.0 Å². The molecule has 1 N–H and O–H groups in total. The van der Waals surface area contributed by atoms with Crippen LogP contribution in [0, 0.1) is 0 Å². The molecule has 3 aromatic carbocycles. The van der Waals surface area contributed by atoms with E-state index in [1.807, 2.05) is 72.8 Å². The standard InChI is InChI=1S/C21H18Br2O2/c1-25-20-13-7-2-8-15(20)14-21(24,16-9-3-5-11-18(16)22)17-10-4-6-12-19(17)23/h2-13,24H,14H2,1H3. The molecule has 0 amide bonds. The highest BCUT2D eigenvalue weighted by atomic mass is 79.9. The lowest BCUT2D eigenvalue weighted by Gasteiger charge is -2.32. The second kappa shape index (κ2) is 7.73. The van der Waals surface area contributed by atoms with Crippen LogP contribution in [0.25, 0.3) is 0 Å². The molecule has 0 saturated carbocycles. The second-order valence-electron chi connectivity index (χ2n) is 5.81. The van der Waals surface area contributed by atoms with Gasteiger partial charge in [-0.1, -0.05) is 86.5 Å². The molecule has 2 nitrogen and oxygen atoms in total. The van der Waals surface area contributed by atoms with Gasteiger partial charge in [-0.25, -0.2) is 0 Å². The van der Waals surface area contributed by atoms with Gasteiger partial charge in [0.15, 0.2) is 0 Å². The highest BCUT2D eigenvalue weighted by molar-refractivity contribution is 9.10. The summed E-state index contributed by atoms with van der Waals surface area (Å²) < 4.78 is 7.22. The number of para-hydroxylation sites is 1. The van der Waals surface area contributed by atoms with Crippen LogP contribution in [0.3, 0.4) is 0 Å². The summed E-state index contributed by atoms with van der Waals surface area (Å²) in [7, 11) is 1.65. The summed E-state index contributed by atoms with van der Waals surface area (Å²) in [6, 6.07) is 23.3. The van der Waals surface area contributed by atoms with Gasteiger partial charge < -0.3 is 9.84 Å². The Morgan fingerprint density at radius 2 is 1.28 bits per heavy atom. The van der Waals surface area contributed by atoms with Crippen molar-refractivity contribution in [2.45, 2.75) is 12.0 Å². The van der Waals surface area contributed by atoms with Crippen molar-refractivity contribution in [3.05, 3.63) is 98.4 Å². The minimum absolute atomic E-state index is 0.391. The molecule has 0 aliphatic rings. The normalized spacial score (nSPS) is 11.4. The van der Waals surface area contributed by atoms with Crippen LogP contribution < -0.4 is 4.74 Å². The van der Waals surface area contributed by atoms with Gasteiger partial charge in [0.05, 0.1) is 7.11 Å². The quantitative estimate of drug-likeness (QED) is 0.528. The van der Waals surface area contributed by atoms with Crippen molar-refractivity contribution in [3.8, 4) is 5.75 Å². The first-order valence-electron chi connectivity index (χ1n) is 7.90. The number of halogens is 2. The molecule has 0 spiro atoms. The highest BCUT2D eigenvalue weighted by Crippen LogP contribution is 2.41. The van der Waals surface area contributed by atoms with Gasteiger partial charge in [-0.3, -0.25) is 0 Å². The Kier molecular flexibility index (Phi) is 5.62. The number of hydrogen-bond donors (Lipinski definition) is 1. The fourth-order valence-corrected chi connectivity index (χ4v) is 4.28. The largest absolute Gasteiger partial charge is 0.496 e. The van der Waals surface area contributed by atoms with Crippen molar-refractivity contribution < 1.29 is 9.84 Å². The SMILES string of the molecule is COc1ccccc1CC(O)(c1ccccc1Br)c1ccccc1Br. The zero-order chi connectivity index (χ0) is 17.9. The summed E-state index contributed by atoms with van der Waals surface area (Å²) in [4.78, 5) is 0. The van der Waals surface area contributed by atoms with Crippen LogP contribution in [-0.4, -0.2) is 12.2 Å². The second-order valence-corrected chi connectivity index (χ2v) is 7.52. The number of ether oxygens (including phenoxy) is 1. The van der Waals surface area contributed by atoms with Gasteiger partial charge in [0.25, 0.3) is 0 Å². The maximum absolute atomic E-state index is 11.9. The van der Waals surface area contributed by atoms with Crippen LogP contribution in [0.1, 0.15) is 16.7 Å². The Morgan fingerprint density at radius 1 is 0.800 bits per heavy atom. The zero-order valence-corrected chi connectivity index (χ0v) is 16.9. The summed E-state index contributed by atoms with van der Waals surface area (Å²) >= 11 is 7.19. The minimum Gasteiger partial charge on any atom is -0.496 e. The van der Waals surface area contributed by atoms with Gasteiger partial charge in [0.2, 0.25) is 0 Å². The van der Waals surface area contributed by atoms with Crippen molar-refractivity contribution in [1.82, 2.24) is 0 Å². The lowest BCUT2D eigenvalue weighted by atomic mass is 9.81. The van der Waals surface area contributed by atoms with Gasteiger partial charge in [-0.05, 0) is 23.8 Å². The summed E-state index contributed by atoms with van der Waals surface area (Å²) in [6.45, 7) is 0. The third-order valence-corrected chi connectivity index (χ3v) is 5.66. The van der Waals surface area contributed by atoms with Gasteiger partial charge in [0, 0.05) is 26.5 Å². The van der Waals surface area contributed by atoms with E-state index in [4.69, 9.17) is 4.74 Å². The van der Waals surface area contributed by atoms with Crippen LogP contribution >= 0.6 is 31.9 Å². The van der Waals surface area contributed by atoms with Crippen molar-refractivity contribution in [1.29, 1.82) is 0 Å². The fraction of sp³-hybridized carbons (Fsp3) is 0.143. The fourth-order valence-electron chi connectivity index (χ4n) is 3.05. The monoisotopic (exact) mass is 460 g/mol. The van der Waals surface area contributed by atoms with Crippen molar-refractivity contribution in [2.24, 2.45) is 0 Å². The Balaban J connectivity index is 2.20. The first-order valence-corrected chi connectivity index (χ1v) is 9.49. The average molecular weight is 462 g/mol. The molecule has 4 heteroatoms. The van der Waals surface area contributed by atoms with Crippen molar-refractivity contribution >= 4 is 31.9 Å². The maximum Gasteiger partial charge on any atom is 0.122 e. The van der Waals surface area contributed by atoms with E-state index in [0.717, 1.165) is 31.4 Å².